The number of ether oxygens (including phenoxy) is 2. The van der Waals surface area contributed by atoms with E-state index in [0.29, 0.717) is 35.6 Å². The number of nitrogens with zero attached hydrogens (tertiary/aromatic N) is 3. The number of thioether (sulfide) groups is 1. The monoisotopic (exact) mass is 420 g/mol. The van der Waals surface area contributed by atoms with Crippen LogP contribution in [0.15, 0.2) is 53.7 Å². The maximum atomic E-state index is 12.8. The van der Waals surface area contributed by atoms with E-state index in [9.17, 15) is 4.79 Å². The number of carbonyl (C=O) groups is 1. The minimum Gasteiger partial charge on any atom is -0.486 e. The third kappa shape index (κ3) is 3.33. The van der Waals surface area contributed by atoms with E-state index in [-0.39, 0.29) is 11.2 Å². The Morgan fingerprint density at radius 1 is 1.10 bits per heavy atom. The number of nitrogens with one attached hydrogen (secondary N) is 1. The van der Waals surface area contributed by atoms with E-state index < -0.39 is 0 Å². The second-order valence-electron chi connectivity index (χ2n) is 7.13. The second kappa shape index (κ2) is 7.53. The molecule has 0 spiro atoms. The number of benzene rings is 2. The molecule has 152 valence electrons. The average Bonchev–Trinajstić information content (AvgIpc) is 3.16. The molecule has 3 heterocycles. The first kappa shape index (κ1) is 18.7. The zero-order valence-corrected chi connectivity index (χ0v) is 17.4. The lowest BCUT2D eigenvalue weighted by Gasteiger charge is -2.19. The number of hydrogen-bond acceptors (Lipinski definition) is 6. The zero-order valence-electron chi connectivity index (χ0n) is 16.6. The highest BCUT2D eigenvalue weighted by atomic mass is 32.2. The van der Waals surface area contributed by atoms with Crippen molar-refractivity contribution in [1.29, 1.82) is 0 Å². The predicted molar refractivity (Wildman–Crippen MR) is 117 cm³/mol. The van der Waals surface area contributed by atoms with Gasteiger partial charge in [-0.15, -0.1) is 10.2 Å². The zero-order chi connectivity index (χ0) is 20.7. The lowest BCUT2D eigenvalue weighted by molar-refractivity contribution is -0.115. The number of carbonyl (C=O) groups excluding carboxylic acids is 1. The molecule has 4 aromatic rings. The summed E-state index contributed by atoms with van der Waals surface area (Å²) in [5.74, 6) is 1.22. The summed E-state index contributed by atoms with van der Waals surface area (Å²) < 4.78 is 13.1. The van der Waals surface area contributed by atoms with E-state index in [4.69, 9.17) is 9.47 Å². The van der Waals surface area contributed by atoms with Crippen molar-refractivity contribution in [2.24, 2.45) is 0 Å². The van der Waals surface area contributed by atoms with Crippen molar-refractivity contribution in [3.05, 3.63) is 54.1 Å². The molecule has 0 radical (unpaired) electrons. The van der Waals surface area contributed by atoms with Crippen LogP contribution in [0.2, 0.25) is 0 Å². The largest absolute Gasteiger partial charge is 0.486 e. The topological polar surface area (TPSA) is 77.8 Å². The number of para-hydroxylation sites is 1. The molecule has 1 aliphatic heterocycles. The highest BCUT2D eigenvalue weighted by Gasteiger charge is 2.20. The molecule has 0 aliphatic carbocycles. The van der Waals surface area contributed by atoms with E-state index in [1.807, 2.05) is 47.7 Å². The Morgan fingerprint density at radius 3 is 2.77 bits per heavy atom. The van der Waals surface area contributed by atoms with E-state index in [2.05, 4.69) is 28.5 Å². The van der Waals surface area contributed by atoms with Gasteiger partial charge in [0.05, 0.1) is 10.8 Å². The average molecular weight is 420 g/mol. The molecule has 0 saturated carbocycles. The fraction of sp³-hybridized carbons (Fsp3) is 0.227. The van der Waals surface area contributed by atoms with Gasteiger partial charge in [-0.1, -0.05) is 30.0 Å². The Hall–Kier alpha value is -3.26. The molecule has 30 heavy (non-hydrogen) atoms. The van der Waals surface area contributed by atoms with Crippen molar-refractivity contribution in [2.45, 2.75) is 24.3 Å². The lowest BCUT2D eigenvalue weighted by atomic mass is 10.1. The van der Waals surface area contributed by atoms with Crippen molar-refractivity contribution in [3.8, 4) is 11.5 Å². The third-order valence-electron chi connectivity index (χ3n) is 5.03. The molecular formula is C22H20N4O3S. The summed E-state index contributed by atoms with van der Waals surface area (Å²) in [5, 5.41) is 13.0. The molecule has 1 atom stereocenters. The summed E-state index contributed by atoms with van der Waals surface area (Å²) in [6.45, 7) is 4.96. The molecule has 7 nitrogen and oxygen atoms in total. The van der Waals surface area contributed by atoms with E-state index in [0.717, 1.165) is 22.1 Å². The van der Waals surface area contributed by atoms with Gasteiger partial charge in [0.25, 0.3) is 0 Å². The number of aromatic nitrogens is 3. The van der Waals surface area contributed by atoms with Gasteiger partial charge < -0.3 is 14.8 Å². The highest BCUT2D eigenvalue weighted by molar-refractivity contribution is 8.00. The molecule has 0 unspecified atom stereocenters. The van der Waals surface area contributed by atoms with Crippen molar-refractivity contribution in [3.63, 3.8) is 0 Å². The minimum atomic E-state index is -0.370. The van der Waals surface area contributed by atoms with Gasteiger partial charge in [-0.25, -0.2) is 0 Å². The quantitative estimate of drug-likeness (QED) is 0.501. The molecule has 5 rings (SSSR count). The predicted octanol–water partition coefficient (Wildman–Crippen LogP) is 4.08. The van der Waals surface area contributed by atoms with Crippen LogP contribution in [-0.4, -0.2) is 39.0 Å². The first-order valence-corrected chi connectivity index (χ1v) is 10.6. The molecule has 1 amide bonds. The summed E-state index contributed by atoms with van der Waals surface area (Å²) in [6, 6.07) is 15.6. The number of fused-ring (bicyclic) bond motifs is 4. The lowest BCUT2D eigenvalue weighted by Crippen LogP contribution is -2.23. The van der Waals surface area contributed by atoms with Crippen molar-refractivity contribution < 1.29 is 14.3 Å². The van der Waals surface area contributed by atoms with Crippen molar-refractivity contribution in [1.82, 2.24) is 14.6 Å². The summed E-state index contributed by atoms with van der Waals surface area (Å²) in [5.41, 5.74) is 3.61. The Balaban J connectivity index is 1.39. The Labute approximate surface area is 177 Å². The molecule has 2 aromatic carbocycles. The molecule has 1 N–H and O–H groups in total. The standard InChI is InChI=1S/C22H20N4O3S/c1-13-11-20-24-25-22(26(20)17-6-4-3-5-16(13)17)30-14(2)21(27)23-15-7-8-18-19(12-15)29-10-9-28-18/h3-8,11-12,14H,9-10H2,1-2H3,(H,23,27)/t14-/m0/s1. The van der Waals surface area contributed by atoms with Crippen molar-refractivity contribution >= 4 is 39.9 Å². The van der Waals surface area contributed by atoms with Crippen LogP contribution in [-0.2, 0) is 4.79 Å². The van der Waals surface area contributed by atoms with Gasteiger partial charge >= 0.3 is 0 Å². The smallest absolute Gasteiger partial charge is 0.237 e. The van der Waals surface area contributed by atoms with Gasteiger partial charge in [0.2, 0.25) is 5.91 Å². The van der Waals surface area contributed by atoms with Gasteiger partial charge in [-0.05, 0) is 43.7 Å². The fourth-order valence-corrected chi connectivity index (χ4v) is 4.40. The number of rotatable bonds is 4. The minimum absolute atomic E-state index is 0.121. The van der Waals surface area contributed by atoms with Crippen LogP contribution < -0.4 is 14.8 Å². The van der Waals surface area contributed by atoms with Gasteiger partial charge in [-0.3, -0.25) is 9.20 Å². The second-order valence-corrected chi connectivity index (χ2v) is 8.44. The van der Waals surface area contributed by atoms with Gasteiger partial charge in [-0.2, -0.15) is 0 Å². The van der Waals surface area contributed by atoms with E-state index in [1.54, 1.807) is 6.07 Å². The van der Waals surface area contributed by atoms with Gasteiger partial charge in [0.1, 0.15) is 13.2 Å². The SMILES string of the molecule is Cc1cc2nnc(S[C@@H](C)C(=O)Nc3ccc4c(c3)OCCO4)n2c2ccccc12. The number of anilines is 1. The number of aryl methyl sites for hydroxylation is 1. The number of amides is 1. The first-order valence-electron chi connectivity index (χ1n) is 9.71. The molecule has 0 fully saturated rings. The normalized spacial score (nSPS) is 14.1. The first-order chi connectivity index (χ1) is 14.6. The van der Waals surface area contributed by atoms with Crippen LogP contribution in [0.25, 0.3) is 16.6 Å². The van der Waals surface area contributed by atoms with Crippen LogP contribution in [0.1, 0.15) is 12.5 Å². The Morgan fingerprint density at radius 2 is 1.90 bits per heavy atom. The Kier molecular flexibility index (Phi) is 4.71. The molecule has 0 saturated heterocycles. The highest BCUT2D eigenvalue weighted by Crippen LogP contribution is 2.33. The van der Waals surface area contributed by atoms with Crippen molar-refractivity contribution in [2.75, 3.05) is 18.5 Å². The number of hydrogen-bond donors (Lipinski definition) is 1. The maximum absolute atomic E-state index is 12.8. The molecule has 8 heteroatoms. The van der Waals surface area contributed by atoms with Crippen LogP contribution in [0.5, 0.6) is 11.5 Å². The third-order valence-corrected chi connectivity index (χ3v) is 6.08. The fourth-order valence-electron chi connectivity index (χ4n) is 3.53. The molecule has 2 aromatic heterocycles. The summed E-state index contributed by atoms with van der Waals surface area (Å²) >= 11 is 1.38. The summed E-state index contributed by atoms with van der Waals surface area (Å²) in [6.07, 6.45) is 0. The maximum Gasteiger partial charge on any atom is 0.237 e. The van der Waals surface area contributed by atoms with Crippen LogP contribution in [0, 0.1) is 6.92 Å². The van der Waals surface area contributed by atoms with Gasteiger partial charge in [0, 0.05) is 17.1 Å². The van der Waals surface area contributed by atoms with Crippen LogP contribution in [0.3, 0.4) is 0 Å². The Bertz CT molecular complexity index is 1270. The van der Waals surface area contributed by atoms with Gasteiger partial charge in [0.15, 0.2) is 22.3 Å². The molecule has 1 aliphatic rings. The molecular weight excluding hydrogens is 400 g/mol. The summed E-state index contributed by atoms with van der Waals surface area (Å²) in [7, 11) is 0. The van der Waals surface area contributed by atoms with Crippen LogP contribution >= 0.6 is 11.8 Å². The summed E-state index contributed by atoms with van der Waals surface area (Å²) in [4.78, 5) is 12.8. The number of pyridine rings is 1. The molecule has 0 bridgehead atoms. The van der Waals surface area contributed by atoms with Crippen LogP contribution in [0.4, 0.5) is 5.69 Å². The van der Waals surface area contributed by atoms with E-state index in [1.165, 1.54) is 11.8 Å². The van der Waals surface area contributed by atoms with E-state index >= 15 is 0 Å².